The molecule has 1 fully saturated rings. The molecule has 188 valence electrons. The number of pyridine rings is 2. The van der Waals surface area contributed by atoms with E-state index < -0.39 is 0 Å². The van der Waals surface area contributed by atoms with Crippen LogP contribution in [0.5, 0.6) is 0 Å². The number of aromatic nitrogens is 3. The number of nitrogens with zero attached hydrogens (tertiary/aromatic N) is 6. The molecule has 5 rings (SSSR count). The van der Waals surface area contributed by atoms with E-state index in [9.17, 15) is 5.11 Å². The van der Waals surface area contributed by atoms with Gasteiger partial charge in [-0.1, -0.05) is 12.1 Å². The van der Waals surface area contributed by atoms with Crippen molar-refractivity contribution in [2.75, 3.05) is 32.1 Å². The van der Waals surface area contributed by atoms with Gasteiger partial charge in [0.05, 0.1) is 29.7 Å². The molecule has 1 aliphatic carbocycles. The van der Waals surface area contributed by atoms with Gasteiger partial charge in [-0.15, -0.1) is 0 Å². The van der Waals surface area contributed by atoms with Gasteiger partial charge in [0.25, 0.3) is 0 Å². The summed E-state index contributed by atoms with van der Waals surface area (Å²) in [6.07, 6.45) is 7.61. The van der Waals surface area contributed by atoms with Gasteiger partial charge in [0, 0.05) is 37.9 Å². The van der Waals surface area contributed by atoms with Crippen LogP contribution in [0.15, 0.2) is 36.5 Å². The molecule has 1 saturated heterocycles. The highest BCUT2D eigenvalue weighted by molar-refractivity contribution is 5.55. The van der Waals surface area contributed by atoms with Crippen LogP contribution in [0.4, 0.5) is 5.82 Å². The van der Waals surface area contributed by atoms with Crippen LogP contribution >= 0.6 is 0 Å². The van der Waals surface area contributed by atoms with E-state index in [-0.39, 0.29) is 12.6 Å². The fourth-order valence-corrected chi connectivity index (χ4v) is 6.06. The third kappa shape index (κ3) is 4.69. The van der Waals surface area contributed by atoms with Crippen molar-refractivity contribution >= 4 is 11.5 Å². The lowest BCUT2D eigenvalue weighted by atomic mass is 9.90. The molecule has 0 spiro atoms. The highest BCUT2D eigenvalue weighted by Gasteiger charge is 2.31. The predicted molar refractivity (Wildman–Crippen MR) is 141 cm³/mol. The van der Waals surface area contributed by atoms with Gasteiger partial charge >= 0.3 is 0 Å². The van der Waals surface area contributed by atoms with Crippen LogP contribution in [0, 0.1) is 0 Å². The van der Waals surface area contributed by atoms with E-state index in [0.29, 0.717) is 18.6 Å². The Kier molecular flexibility index (Phi) is 7.09. The molecule has 0 bridgehead atoms. The molecule has 3 aromatic heterocycles. The second kappa shape index (κ2) is 10.2. The van der Waals surface area contributed by atoms with Crippen LogP contribution in [0.2, 0.25) is 0 Å². The highest BCUT2D eigenvalue weighted by Crippen LogP contribution is 2.36. The third-order valence-electron chi connectivity index (χ3n) is 8.03. The molecule has 4 heterocycles. The van der Waals surface area contributed by atoms with Gasteiger partial charge < -0.3 is 14.9 Å². The molecule has 1 atom stereocenters. The zero-order chi connectivity index (χ0) is 24.5. The maximum absolute atomic E-state index is 10.5. The Morgan fingerprint density at radius 1 is 1.09 bits per heavy atom. The van der Waals surface area contributed by atoms with Crippen LogP contribution in [0.25, 0.3) is 5.65 Å². The van der Waals surface area contributed by atoms with Crippen LogP contribution in [0.1, 0.15) is 68.2 Å². The average molecular weight is 477 g/mol. The molecule has 7 nitrogen and oxygen atoms in total. The van der Waals surface area contributed by atoms with E-state index >= 15 is 0 Å². The smallest absolute Gasteiger partial charge is 0.138 e. The van der Waals surface area contributed by atoms with Crippen molar-refractivity contribution in [3.05, 3.63) is 59.2 Å². The van der Waals surface area contributed by atoms with Gasteiger partial charge in [-0.2, -0.15) is 0 Å². The van der Waals surface area contributed by atoms with E-state index in [1.54, 1.807) is 0 Å². The maximum Gasteiger partial charge on any atom is 0.138 e. The molecular weight excluding hydrogens is 436 g/mol. The second-order valence-electron chi connectivity index (χ2n) is 10.6. The summed E-state index contributed by atoms with van der Waals surface area (Å²) in [5, 5.41) is 10.5. The summed E-state index contributed by atoms with van der Waals surface area (Å²) in [6, 6.07) is 11.9. The lowest BCUT2D eigenvalue weighted by Crippen LogP contribution is -2.42. The van der Waals surface area contributed by atoms with Crippen molar-refractivity contribution in [3.8, 4) is 0 Å². The van der Waals surface area contributed by atoms with Crippen molar-refractivity contribution in [2.24, 2.45) is 0 Å². The number of fused-ring (bicyclic) bond motifs is 2. The summed E-state index contributed by atoms with van der Waals surface area (Å²) in [7, 11) is 4.35. The molecular formula is C28H40N6O. The molecule has 3 aromatic rings. The molecule has 0 radical (unpaired) electrons. The maximum atomic E-state index is 10.5. The summed E-state index contributed by atoms with van der Waals surface area (Å²) in [6.45, 7) is 7.23. The molecule has 7 heteroatoms. The van der Waals surface area contributed by atoms with Crippen molar-refractivity contribution in [1.82, 2.24) is 24.2 Å². The summed E-state index contributed by atoms with van der Waals surface area (Å²) < 4.78 is 2.19. The van der Waals surface area contributed by atoms with Crippen LogP contribution in [-0.4, -0.2) is 68.5 Å². The summed E-state index contributed by atoms with van der Waals surface area (Å²) in [5.74, 6) is 1.14. The Morgan fingerprint density at radius 2 is 1.89 bits per heavy atom. The topological polar surface area (TPSA) is 60.1 Å². The molecule has 35 heavy (non-hydrogen) atoms. The lowest BCUT2D eigenvalue weighted by molar-refractivity contribution is 0.123. The molecule has 0 unspecified atom stereocenters. The minimum atomic E-state index is -0.0207. The monoisotopic (exact) mass is 476 g/mol. The first-order valence-corrected chi connectivity index (χ1v) is 13.2. The number of hydrogen-bond acceptors (Lipinski definition) is 6. The summed E-state index contributed by atoms with van der Waals surface area (Å²) in [5.41, 5.74) is 5.39. The van der Waals surface area contributed by atoms with E-state index in [2.05, 4.69) is 77.4 Å². The molecule has 0 saturated carbocycles. The van der Waals surface area contributed by atoms with Gasteiger partial charge in [0.2, 0.25) is 0 Å². The Hall–Kier alpha value is -2.48. The van der Waals surface area contributed by atoms with Crippen molar-refractivity contribution < 1.29 is 5.11 Å². The number of anilines is 1. The van der Waals surface area contributed by atoms with Crippen molar-refractivity contribution in [3.63, 3.8) is 0 Å². The number of aliphatic hydroxyl groups excluding tert-OH is 1. The zero-order valence-electron chi connectivity index (χ0n) is 21.7. The fourth-order valence-electron chi connectivity index (χ4n) is 6.06. The number of imidazole rings is 1. The predicted octanol–water partition coefficient (Wildman–Crippen LogP) is 4.04. The van der Waals surface area contributed by atoms with Crippen molar-refractivity contribution in [2.45, 2.75) is 77.2 Å². The highest BCUT2D eigenvalue weighted by atomic mass is 16.3. The SMILES string of the molecule is CC(C)N(Cc1nc2cccc(N3CCC(N(C)C)CC3)n2c1CO)[C@H]1CCCc2cccnc21. The van der Waals surface area contributed by atoms with E-state index in [4.69, 9.17) is 9.97 Å². The van der Waals surface area contributed by atoms with E-state index in [1.807, 2.05) is 6.20 Å². The number of aryl methyl sites for hydroxylation is 1. The molecule has 0 amide bonds. The van der Waals surface area contributed by atoms with Gasteiger partial charge in [-0.25, -0.2) is 4.98 Å². The first kappa shape index (κ1) is 24.2. The zero-order valence-corrected chi connectivity index (χ0v) is 21.7. The number of hydrogen-bond donors (Lipinski definition) is 1. The molecule has 1 aliphatic heterocycles. The number of rotatable bonds is 7. The second-order valence-corrected chi connectivity index (χ2v) is 10.6. The Balaban J connectivity index is 1.48. The minimum absolute atomic E-state index is 0.0207. The number of aliphatic hydroxyl groups is 1. The van der Waals surface area contributed by atoms with Crippen LogP contribution in [0.3, 0.4) is 0 Å². The summed E-state index contributed by atoms with van der Waals surface area (Å²) >= 11 is 0. The van der Waals surface area contributed by atoms with Crippen LogP contribution < -0.4 is 4.90 Å². The normalized spacial score (nSPS) is 19.3. The van der Waals surface area contributed by atoms with Gasteiger partial charge in [-0.05, 0) is 83.8 Å². The van der Waals surface area contributed by atoms with Gasteiger partial charge in [0.1, 0.15) is 11.5 Å². The molecule has 0 aromatic carbocycles. The minimum Gasteiger partial charge on any atom is -0.390 e. The quantitative estimate of drug-likeness (QED) is 0.555. The first-order chi connectivity index (χ1) is 17.0. The largest absolute Gasteiger partial charge is 0.390 e. The van der Waals surface area contributed by atoms with E-state index in [0.717, 1.165) is 61.6 Å². The fraction of sp³-hybridized carbons (Fsp3) is 0.571. The standard InChI is InChI=1S/C28H40N6O/c1-20(2)33(24-10-5-8-21-9-7-15-29-28(21)24)18-23-25(19-35)34-26(30-23)11-6-12-27(34)32-16-13-22(14-17-32)31(3)4/h6-7,9,11-12,15,20,22,24,35H,5,8,10,13-14,16-19H2,1-4H3/t24-/m0/s1. The van der Waals surface area contributed by atoms with Crippen LogP contribution in [-0.2, 0) is 19.6 Å². The average Bonchev–Trinajstić information content (AvgIpc) is 3.24. The van der Waals surface area contributed by atoms with Gasteiger partial charge in [-0.3, -0.25) is 14.3 Å². The molecule has 1 N–H and O–H groups in total. The Labute approximate surface area is 209 Å². The van der Waals surface area contributed by atoms with Gasteiger partial charge in [0.15, 0.2) is 0 Å². The Bertz CT molecular complexity index is 1150. The Morgan fingerprint density at radius 3 is 2.60 bits per heavy atom. The summed E-state index contributed by atoms with van der Waals surface area (Å²) in [4.78, 5) is 17.2. The van der Waals surface area contributed by atoms with Crippen molar-refractivity contribution in [1.29, 1.82) is 0 Å². The van der Waals surface area contributed by atoms with E-state index in [1.165, 1.54) is 17.7 Å². The molecule has 2 aliphatic rings. The third-order valence-corrected chi connectivity index (χ3v) is 8.03. The first-order valence-electron chi connectivity index (χ1n) is 13.2. The lowest BCUT2D eigenvalue weighted by Gasteiger charge is -2.37. The number of piperidine rings is 1.